The first-order chi connectivity index (χ1) is 16.2. The number of aromatic nitrogens is 4. The molecule has 34 heavy (non-hydrogen) atoms. The molecule has 4 rings (SSSR count). The van der Waals surface area contributed by atoms with Gasteiger partial charge in [-0.3, -0.25) is 28.4 Å². The van der Waals surface area contributed by atoms with Crippen molar-refractivity contribution >= 4 is 28.7 Å². The lowest BCUT2D eigenvalue weighted by atomic mass is 10.1. The van der Waals surface area contributed by atoms with Crippen LogP contribution in [0.5, 0.6) is 0 Å². The molecule has 0 aliphatic carbocycles. The molecule has 0 radical (unpaired) electrons. The van der Waals surface area contributed by atoms with Gasteiger partial charge in [-0.25, -0.2) is 9.78 Å². The highest BCUT2D eigenvalue weighted by Crippen LogP contribution is 2.19. The Labute approximate surface area is 196 Å². The number of hydrogen-bond donors (Lipinski definition) is 1. The number of nitrogens with one attached hydrogen (secondary N) is 1. The van der Waals surface area contributed by atoms with Gasteiger partial charge in [0.25, 0.3) is 5.56 Å². The van der Waals surface area contributed by atoms with Gasteiger partial charge in [-0.05, 0) is 25.0 Å². The Morgan fingerprint density at radius 3 is 2.26 bits per heavy atom. The minimum Gasteiger partial charge on any atom is -0.339 e. The van der Waals surface area contributed by atoms with E-state index in [0.717, 1.165) is 21.4 Å². The molecule has 2 aromatic heterocycles. The number of amides is 2. The van der Waals surface area contributed by atoms with Gasteiger partial charge >= 0.3 is 5.69 Å². The van der Waals surface area contributed by atoms with Gasteiger partial charge < -0.3 is 14.8 Å². The van der Waals surface area contributed by atoms with Crippen LogP contribution in [-0.2, 0) is 30.2 Å². The molecular formula is C23H29N7O4. The lowest BCUT2D eigenvalue weighted by Crippen LogP contribution is -2.51. The van der Waals surface area contributed by atoms with Crippen molar-refractivity contribution in [3.63, 3.8) is 0 Å². The van der Waals surface area contributed by atoms with Crippen molar-refractivity contribution < 1.29 is 9.59 Å². The van der Waals surface area contributed by atoms with E-state index in [1.54, 1.807) is 11.9 Å². The Kier molecular flexibility index (Phi) is 6.38. The molecule has 1 aliphatic rings. The number of imidazole rings is 1. The van der Waals surface area contributed by atoms with Crippen LogP contribution in [0.1, 0.15) is 11.1 Å². The highest BCUT2D eigenvalue weighted by molar-refractivity contribution is 5.93. The Bertz CT molecular complexity index is 1360. The molecule has 1 N–H and O–H groups in total. The summed E-state index contributed by atoms with van der Waals surface area (Å²) in [7, 11) is 2.94. The highest BCUT2D eigenvalue weighted by atomic mass is 16.2. The highest BCUT2D eigenvalue weighted by Gasteiger charge is 2.24. The van der Waals surface area contributed by atoms with Crippen molar-refractivity contribution in [3.05, 3.63) is 56.5 Å². The largest absolute Gasteiger partial charge is 0.339 e. The lowest BCUT2D eigenvalue weighted by Gasteiger charge is -2.34. The number of anilines is 1. The normalized spacial score (nSPS) is 14.5. The molecule has 11 nitrogen and oxygen atoms in total. The van der Waals surface area contributed by atoms with Crippen LogP contribution in [0.15, 0.2) is 34.1 Å². The first-order valence-corrected chi connectivity index (χ1v) is 11.1. The van der Waals surface area contributed by atoms with E-state index in [0.29, 0.717) is 26.2 Å². The fourth-order valence-corrected chi connectivity index (χ4v) is 4.31. The van der Waals surface area contributed by atoms with Gasteiger partial charge in [-0.15, -0.1) is 0 Å². The molecular weight excluding hydrogens is 438 g/mol. The molecule has 0 unspecified atom stereocenters. The second-order valence-electron chi connectivity index (χ2n) is 8.72. The number of para-hydroxylation sites is 1. The molecule has 0 spiro atoms. The van der Waals surface area contributed by atoms with Crippen molar-refractivity contribution in [2.45, 2.75) is 20.4 Å². The van der Waals surface area contributed by atoms with Gasteiger partial charge in [0.15, 0.2) is 11.2 Å². The summed E-state index contributed by atoms with van der Waals surface area (Å²) >= 11 is 0. The molecule has 2 amide bonds. The number of rotatable bonds is 5. The summed E-state index contributed by atoms with van der Waals surface area (Å²) in [5.74, 6) is -0.224. The van der Waals surface area contributed by atoms with E-state index in [1.807, 2.05) is 36.9 Å². The molecule has 1 saturated heterocycles. The minimum absolute atomic E-state index is 0.0447. The summed E-state index contributed by atoms with van der Waals surface area (Å²) in [5.41, 5.74) is 2.41. The van der Waals surface area contributed by atoms with Crippen molar-refractivity contribution in [1.29, 1.82) is 0 Å². The second-order valence-corrected chi connectivity index (χ2v) is 8.72. The molecule has 0 atom stereocenters. The monoisotopic (exact) mass is 467 g/mol. The first kappa shape index (κ1) is 23.4. The predicted molar refractivity (Wildman–Crippen MR) is 128 cm³/mol. The van der Waals surface area contributed by atoms with Gasteiger partial charge in [0.2, 0.25) is 11.8 Å². The van der Waals surface area contributed by atoms with Crippen molar-refractivity contribution in [3.8, 4) is 0 Å². The fraction of sp³-hybridized carbons (Fsp3) is 0.435. The molecule has 0 saturated carbocycles. The number of benzene rings is 1. The number of carbonyl (C=O) groups excluding carboxylic acids is 2. The van der Waals surface area contributed by atoms with Gasteiger partial charge in [-0.1, -0.05) is 18.2 Å². The van der Waals surface area contributed by atoms with Crippen molar-refractivity contribution in [2.24, 2.45) is 14.1 Å². The van der Waals surface area contributed by atoms with Crippen molar-refractivity contribution in [1.82, 2.24) is 28.5 Å². The summed E-state index contributed by atoms with van der Waals surface area (Å²) in [5, 5.41) is 3.00. The molecule has 1 aliphatic heterocycles. The molecule has 3 heterocycles. The molecule has 0 bridgehead atoms. The third kappa shape index (κ3) is 4.38. The van der Waals surface area contributed by atoms with E-state index in [4.69, 9.17) is 0 Å². The van der Waals surface area contributed by atoms with E-state index in [-0.39, 0.29) is 36.1 Å². The van der Waals surface area contributed by atoms with E-state index in [2.05, 4.69) is 10.3 Å². The Hall–Kier alpha value is -3.73. The maximum absolute atomic E-state index is 12.9. The number of nitrogens with zero attached hydrogens (tertiary/aromatic N) is 6. The van der Waals surface area contributed by atoms with Crippen LogP contribution < -0.4 is 16.6 Å². The number of carbonyl (C=O) groups is 2. The molecule has 1 aromatic carbocycles. The minimum atomic E-state index is -0.483. The average Bonchev–Trinajstić information content (AvgIpc) is 3.23. The number of piperazine rings is 1. The van der Waals surface area contributed by atoms with Crippen LogP contribution in [0, 0.1) is 13.8 Å². The fourth-order valence-electron chi connectivity index (χ4n) is 4.31. The van der Waals surface area contributed by atoms with E-state index < -0.39 is 11.2 Å². The van der Waals surface area contributed by atoms with Crippen LogP contribution in [-0.4, -0.2) is 73.0 Å². The van der Waals surface area contributed by atoms with Gasteiger partial charge in [0.1, 0.15) is 6.54 Å². The average molecular weight is 468 g/mol. The summed E-state index contributed by atoms with van der Waals surface area (Å²) in [6.45, 7) is 6.26. The Morgan fingerprint density at radius 2 is 1.62 bits per heavy atom. The van der Waals surface area contributed by atoms with Crippen LogP contribution in [0.2, 0.25) is 0 Å². The maximum Gasteiger partial charge on any atom is 0.332 e. The zero-order valence-corrected chi connectivity index (χ0v) is 19.9. The zero-order valence-electron chi connectivity index (χ0n) is 19.9. The first-order valence-electron chi connectivity index (χ1n) is 11.1. The van der Waals surface area contributed by atoms with E-state index in [9.17, 15) is 19.2 Å². The standard InChI is InChI=1S/C23H29N7O4/c1-15-6-5-7-16(2)19(15)25-17(31)12-28-8-10-29(11-9-28)18(32)13-30-14-24-21-20(30)22(33)27(4)23(34)26(21)3/h5-7,14H,8-13H2,1-4H3,(H,25,31). The quantitative estimate of drug-likeness (QED) is 0.558. The third-order valence-electron chi connectivity index (χ3n) is 6.36. The molecule has 1 fully saturated rings. The van der Waals surface area contributed by atoms with Crippen LogP contribution in [0.3, 0.4) is 0 Å². The Morgan fingerprint density at radius 1 is 0.971 bits per heavy atom. The summed E-state index contributed by atoms with van der Waals surface area (Å²) in [6.07, 6.45) is 1.41. The number of hydrogen-bond acceptors (Lipinski definition) is 6. The summed E-state index contributed by atoms with van der Waals surface area (Å²) in [4.78, 5) is 58.0. The van der Waals surface area contributed by atoms with Gasteiger partial charge in [-0.2, -0.15) is 0 Å². The van der Waals surface area contributed by atoms with Crippen molar-refractivity contribution in [2.75, 3.05) is 38.0 Å². The second kappa shape index (κ2) is 9.26. The van der Waals surface area contributed by atoms with Crippen LogP contribution in [0.25, 0.3) is 11.2 Å². The van der Waals surface area contributed by atoms with Gasteiger partial charge in [0, 0.05) is 46.0 Å². The SMILES string of the molecule is Cc1cccc(C)c1NC(=O)CN1CCN(C(=O)Cn2cnc3c2c(=O)n(C)c(=O)n3C)CC1. The van der Waals surface area contributed by atoms with Crippen LogP contribution >= 0.6 is 0 Å². The van der Waals surface area contributed by atoms with E-state index in [1.165, 1.54) is 22.5 Å². The molecule has 11 heteroatoms. The maximum atomic E-state index is 12.9. The van der Waals surface area contributed by atoms with Crippen LogP contribution in [0.4, 0.5) is 5.69 Å². The summed E-state index contributed by atoms with van der Waals surface area (Å²) in [6, 6.07) is 5.89. The van der Waals surface area contributed by atoms with Gasteiger partial charge in [0.05, 0.1) is 12.9 Å². The predicted octanol–water partition coefficient (Wildman–Crippen LogP) is -0.167. The summed E-state index contributed by atoms with van der Waals surface area (Å²) < 4.78 is 3.79. The number of fused-ring (bicyclic) bond motifs is 1. The lowest BCUT2D eigenvalue weighted by molar-refractivity contribution is -0.133. The Balaban J connectivity index is 1.36. The van der Waals surface area contributed by atoms with E-state index >= 15 is 0 Å². The smallest absolute Gasteiger partial charge is 0.332 e. The molecule has 180 valence electrons. The molecule has 3 aromatic rings. The number of aryl methyl sites for hydroxylation is 3. The third-order valence-corrected chi connectivity index (χ3v) is 6.36. The zero-order chi connectivity index (χ0) is 24.6. The topological polar surface area (TPSA) is 114 Å².